The van der Waals surface area contributed by atoms with Gasteiger partial charge in [-0.15, -0.1) is 0 Å². The number of rotatable bonds is 54. The maximum atomic E-state index is 12.9. The molecular weight excluding hydrogens is 877 g/mol. The molecule has 0 aromatic rings. The lowest BCUT2D eigenvalue weighted by atomic mass is 10.1. The summed E-state index contributed by atoms with van der Waals surface area (Å²) in [4.78, 5) is 38.2. The molecule has 6 nitrogen and oxygen atoms in total. The summed E-state index contributed by atoms with van der Waals surface area (Å²) in [5, 5.41) is 0. The molecule has 6 heteroatoms. The standard InChI is InChI=1S/C65H112O6/c1-4-7-10-13-16-19-22-25-28-30-32-34-37-40-43-46-49-52-55-58-64(67)70-61-62(60-69-63(66)57-54-51-48-45-42-39-36-27-24-21-18-15-12-9-6-3)71-65(68)59-56-53-50-47-44-41-38-35-33-31-29-26-23-20-17-14-11-8-5-2/h7,10,16,19,25-29,32,34,36,40,43,62H,4-6,8-9,11-15,17-18,20-24,30-31,33,35,37-39,41-42,44-61H2,1-3H3/b10-7-,19-16-,28-25-,29-26-,34-32-,36-27-,43-40-/t62-/m0/s1. The first-order valence-corrected chi connectivity index (χ1v) is 30.1. The monoisotopic (exact) mass is 989 g/mol. The van der Waals surface area contributed by atoms with Gasteiger partial charge >= 0.3 is 17.9 Å². The van der Waals surface area contributed by atoms with Crippen LogP contribution in [-0.4, -0.2) is 37.2 Å². The summed E-state index contributed by atoms with van der Waals surface area (Å²) in [6.07, 6.45) is 77.2. The van der Waals surface area contributed by atoms with Gasteiger partial charge in [0.2, 0.25) is 0 Å². The molecule has 0 aliphatic carbocycles. The second kappa shape index (κ2) is 59.2. The van der Waals surface area contributed by atoms with Crippen molar-refractivity contribution in [1.82, 2.24) is 0 Å². The van der Waals surface area contributed by atoms with E-state index in [2.05, 4.69) is 106 Å². The first-order valence-electron chi connectivity index (χ1n) is 30.1. The highest BCUT2D eigenvalue weighted by Gasteiger charge is 2.19. The Labute approximate surface area is 439 Å². The molecule has 0 radical (unpaired) electrons. The topological polar surface area (TPSA) is 78.9 Å². The average molecular weight is 990 g/mol. The molecule has 0 heterocycles. The van der Waals surface area contributed by atoms with Crippen LogP contribution in [0.3, 0.4) is 0 Å². The second-order valence-corrected chi connectivity index (χ2v) is 19.9. The average Bonchev–Trinajstić information content (AvgIpc) is 3.37. The number of esters is 3. The van der Waals surface area contributed by atoms with Crippen LogP contribution in [0, 0.1) is 0 Å². The molecule has 0 aliphatic rings. The van der Waals surface area contributed by atoms with Crippen LogP contribution in [0.2, 0.25) is 0 Å². The van der Waals surface area contributed by atoms with E-state index in [-0.39, 0.29) is 31.1 Å². The highest BCUT2D eigenvalue weighted by Crippen LogP contribution is 2.15. The Hall–Kier alpha value is -3.41. The van der Waals surface area contributed by atoms with Crippen LogP contribution < -0.4 is 0 Å². The van der Waals surface area contributed by atoms with E-state index in [9.17, 15) is 14.4 Å². The third-order valence-electron chi connectivity index (χ3n) is 12.9. The van der Waals surface area contributed by atoms with Gasteiger partial charge in [-0.3, -0.25) is 14.4 Å². The molecule has 0 unspecified atom stereocenters. The zero-order chi connectivity index (χ0) is 51.4. The van der Waals surface area contributed by atoms with Crippen molar-refractivity contribution in [3.8, 4) is 0 Å². The van der Waals surface area contributed by atoms with Gasteiger partial charge in [0.15, 0.2) is 6.10 Å². The molecule has 0 saturated heterocycles. The van der Waals surface area contributed by atoms with E-state index >= 15 is 0 Å². The van der Waals surface area contributed by atoms with Crippen molar-refractivity contribution >= 4 is 17.9 Å². The van der Waals surface area contributed by atoms with E-state index < -0.39 is 6.10 Å². The van der Waals surface area contributed by atoms with Gasteiger partial charge in [0.1, 0.15) is 13.2 Å². The van der Waals surface area contributed by atoms with Gasteiger partial charge in [0.25, 0.3) is 0 Å². The lowest BCUT2D eigenvalue weighted by molar-refractivity contribution is -0.167. The molecule has 0 spiro atoms. The van der Waals surface area contributed by atoms with E-state index in [1.165, 1.54) is 148 Å². The van der Waals surface area contributed by atoms with Crippen LogP contribution in [0.15, 0.2) is 85.1 Å². The summed E-state index contributed by atoms with van der Waals surface area (Å²) in [6.45, 7) is 6.50. The number of ether oxygens (including phenoxy) is 3. The predicted molar refractivity (Wildman–Crippen MR) is 307 cm³/mol. The number of unbranched alkanes of at least 4 members (excludes halogenated alkanes) is 29. The van der Waals surface area contributed by atoms with E-state index in [4.69, 9.17) is 14.2 Å². The molecule has 0 N–H and O–H groups in total. The number of hydrogen-bond donors (Lipinski definition) is 0. The molecule has 0 aliphatic heterocycles. The van der Waals surface area contributed by atoms with Gasteiger partial charge in [0.05, 0.1) is 0 Å². The maximum Gasteiger partial charge on any atom is 0.306 e. The largest absolute Gasteiger partial charge is 0.462 e. The minimum Gasteiger partial charge on any atom is -0.462 e. The Balaban J connectivity index is 4.44. The van der Waals surface area contributed by atoms with Crippen molar-refractivity contribution in [1.29, 1.82) is 0 Å². The molecule has 71 heavy (non-hydrogen) atoms. The van der Waals surface area contributed by atoms with Crippen LogP contribution >= 0.6 is 0 Å². The molecular formula is C65H112O6. The minimum atomic E-state index is -0.796. The van der Waals surface area contributed by atoms with Gasteiger partial charge in [-0.25, -0.2) is 0 Å². The third kappa shape index (κ3) is 57.4. The van der Waals surface area contributed by atoms with E-state index in [0.29, 0.717) is 19.3 Å². The first-order chi connectivity index (χ1) is 35.0. The van der Waals surface area contributed by atoms with Gasteiger partial charge in [-0.1, -0.05) is 241 Å². The summed E-state index contributed by atoms with van der Waals surface area (Å²) in [6, 6.07) is 0. The smallest absolute Gasteiger partial charge is 0.306 e. The Morgan fingerprint density at radius 3 is 0.887 bits per heavy atom. The third-order valence-corrected chi connectivity index (χ3v) is 12.9. The van der Waals surface area contributed by atoms with Crippen LogP contribution in [0.1, 0.15) is 290 Å². The van der Waals surface area contributed by atoms with Crippen molar-refractivity contribution < 1.29 is 28.6 Å². The lowest BCUT2D eigenvalue weighted by Gasteiger charge is -2.18. The zero-order valence-corrected chi connectivity index (χ0v) is 46.7. The molecule has 0 aromatic heterocycles. The summed E-state index contributed by atoms with van der Waals surface area (Å²) >= 11 is 0. The van der Waals surface area contributed by atoms with E-state index in [1.807, 2.05) is 0 Å². The quantitative estimate of drug-likeness (QED) is 0.0261. The first kappa shape index (κ1) is 67.6. The molecule has 0 amide bonds. The summed E-state index contributed by atoms with van der Waals surface area (Å²) in [5.41, 5.74) is 0. The Morgan fingerprint density at radius 1 is 0.296 bits per heavy atom. The van der Waals surface area contributed by atoms with Crippen molar-refractivity contribution in [3.05, 3.63) is 85.1 Å². The molecule has 0 aromatic carbocycles. The fourth-order valence-electron chi connectivity index (χ4n) is 8.34. The molecule has 408 valence electrons. The Kier molecular flexibility index (Phi) is 56.3. The van der Waals surface area contributed by atoms with Crippen molar-refractivity contribution in [2.45, 2.75) is 297 Å². The highest BCUT2D eigenvalue weighted by molar-refractivity contribution is 5.71. The van der Waals surface area contributed by atoms with Crippen molar-refractivity contribution in [3.63, 3.8) is 0 Å². The van der Waals surface area contributed by atoms with Crippen LogP contribution in [0.25, 0.3) is 0 Å². The van der Waals surface area contributed by atoms with Gasteiger partial charge in [0, 0.05) is 19.3 Å². The SMILES string of the molecule is CC/C=C\C/C=C\C/C=C\C/C=C\C/C=C\CCCCCC(=O)OC[C@H](COC(=O)CCCCCCC/C=C\CCCCCCCC)OC(=O)CCCCCCCCCCC/C=C\CCCCCCCC. The van der Waals surface area contributed by atoms with E-state index in [1.54, 1.807) is 0 Å². The molecule has 0 bridgehead atoms. The molecule has 0 rings (SSSR count). The van der Waals surface area contributed by atoms with Crippen LogP contribution in [-0.2, 0) is 28.6 Å². The minimum absolute atomic E-state index is 0.0916. The molecule has 0 fully saturated rings. The van der Waals surface area contributed by atoms with Crippen molar-refractivity contribution in [2.75, 3.05) is 13.2 Å². The van der Waals surface area contributed by atoms with Gasteiger partial charge < -0.3 is 14.2 Å². The summed E-state index contributed by atoms with van der Waals surface area (Å²) < 4.78 is 16.9. The highest BCUT2D eigenvalue weighted by atomic mass is 16.6. The predicted octanol–water partition coefficient (Wildman–Crippen LogP) is 20.3. The summed E-state index contributed by atoms with van der Waals surface area (Å²) in [5.74, 6) is -0.926. The summed E-state index contributed by atoms with van der Waals surface area (Å²) in [7, 11) is 0. The fourth-order valence-corrected chi connectivity index (χ4v) is 8.34. The van der Waals surface area contributed by atoms with Gasteiger partial charge in [-0.05, 0) is 116 Å². The zero-order valence-electron chi connectivity index (χ0n) is 46.7. The number of carbonyl (C=O) groups excluding carboxylic acids is 3. The lowest BCUT2D eigenvalue weighted by Crippen LogP contribution is -2.30. The number of allylic oxidation sites excluding steroid dienone is 14. The van der Waals surface area contributed by atoms with E-state index in [0.717, 1.165) is 103 Å². The fraction of sp³-hybridized carbons (Fsp3) is 0.738. The van der Waals surface area contributed by atoms with Gasteiger partial charge in [-0.2, -0.15) is 0 Å². The molecule has 0 saturated carbocycles. The second-order valence-electron chi connectivity index (χ2n) is 19.9. The van der Waals surface area contributed by atoms with Crippen LogP contribution in [0.4, 0.5) is 0 Å². The normalized spacial score (nSPS) is 12.7. The van der Waals surface area contributed by atoms with Crippen molar-refractivity contribution in [2.24, 2.45) is 0 Å². The number of hydrogen-bond acceptors (Lipinski definition) is 6. The Morgan fingerprint density at radius 2 is 0.549 bits per heavy atom. The van der Waals surface area contributed by atoms with Crippen LogP contribution in [0.5, 0.6) is 0 Å². The molecule has 1 atom stereocenters. The number of carbonyl (C=O) groups is 3. The maximum absolute atomic E-state index is 12.9. The Bertz CT molecular complexity index is 1370.